The number of likely N-dealkylation sites (tertiary alicyclic amines) is 3. The van der Waals surface area contributed by atoms with Crippen LogP contribution in [0.25, 0.3) is 0 Å². The molecule has 4 rings (SSSR count). The third kappa shape index (κ3) is 3.98. The summed E-state index contributed by atoms with van der Waals surface area (Å²) in [5, 5.41) is 9.32. The molecular weight excluding hydrogens is 401 g/mol. The minimum Gasteiger partial charge on any atom is -0.427 e. The van der Waals surface area contributed by atoms with Gasteiger partial charge in [0.1, 0.15) is 17.8 Å². The van der Waals surface area contributed by atoms with E-state index in [-0.39, 0.29) is 50.2 Å². The Kier molecular flexibility index (Phi) is 6.15. The molecule has 3 fully saturated rings. The summed E-state index contributed by atoms with van der Waals surface area (Å²) in [5.74, 6) is -1.30. The highest BCUT2D eigenvalue weighted by molar-refractivity contribution is 6.37. The largest absolute Gasteiger partial charge is 0.427 e. The number of carbonyl (C=O) groups is 3. The second-order valence-electron chi connectivity index (χ2n) is 8.00. The molecule has 0 spiro atoms. The van der Waals surface area contributed by atoms with Crippen molar-refractivity contribution in [2.45, 2.75) is 43.2 Å². The van der Waals surface area contributed by atoms with Crippen LogP contribution in [-0.2, 0) is 14.2 Å². The van der Waals surface area contributed by atoms with Crippen LogP contribution < -0.4 is 5.73 Å². The Balaban J connectivity index is 1.45. The van der Waals surface area contributed by atoms with Crippen molar-refractivity contribution in [1.82, 2.24) is 24.7 Å². The zero-order valence-electron chi connectivity index (χ0n) is 17.1. The molecule has 162 valence electrons. The van der Waals surface area contributed by atoms with Gasteiger partial charge in [-0.15, -0.1) is 0 Å². The van der Waals surface area contributed by atoms with Crippen LogP contribution in [-0.4, -0.2) is 94.4 Å². The number of aromatic nitrogens is 2. The number of amides is 3. The van der Waals surface area contributed by atoms with E-state index in [2.05, 4.69) is 16.0 Å². The molecule has 0 radical (unpaired) electrons. The molecule has 4 heterocycles. The fourth-order valence-corrected chi connectivity index (χ4v) is 4.71. The zero-order chi connectivity index (χ0) is 22.0. The Morgan fingerprint density at radius 1 is 1.39 bits per heavy atom. The van der Waals surface area contributed by atoms with Gasteiger partial charge < -0.3 is 25.1 Å². The maximum Gasteiger partial charge on any atom is 0.291 e. The molecule has 3 saturated heterocycles. The fraction of sp³-hybridized carbons (Fsp3) is 0.579. The smallest absolute Gasteiger partial charge is 0.291 e. The molecular formula is C19H24BN7O4. The highest BCUT2D eigenvalue weighted by Gasteiger charge is 2.52. The molecule has 3 amide bonds. The van der Waals surface area contributed by atoms with Gasteiger partial charge in [0.2, 0.25) is 11.8 Å². The number of nitrogens with zero attached hydrogens (tertiary/aromatic N) is 6. The Morgan fingerprint density at radius 3 is 2.90 bits per heavy atom. The van der Waals surface area contributed by atoms with Gasteiger partial charge in [0, 0.05) is 32.0 Å². The molecule has 11 nitrogen and oxygen atoms in total. The molecule has 0 unspecified atom stereocenters. The number of hydrogen-bond acceptors (Lipinski definition) is 8. The Bertz CT molecular complexity index is 895. The maximum absolute atomic E-state index is 13.1. The molecule has 3 aliphatic rings. The lowest BCUT2D eigenvalue weighted by molar-refractivity contribution is -0.137. The molecule has 1 aromatic rings. The Morgan fingerprint density at radius 2 is 2.23 bits per heavy atom. The van der Waals surface area contributed by atoms with Crippen molar-refractivity contribution >= 4 is 25.2 Å². The summed E-state index contributed by atoms with van der Waals surface area (Å²) in [6.07, 6.45) is 6.26. The standard InChI is InChI=1S/C19H24BN7O4/c21-7-12-2-1-5-25(12)17(28)14(20-31-11-22)10-26-13-6-16(19(26)30)27(9-13)18(29)15-8-23-3-4-24-15/h3-4,8,12-14,16,20H,1-2,5-6,9-11,22H2/t12-,13-,14-,16-/m0/s1. The van der Waals surface area contributed by atoms with Crippen LogP contribution in [0.2, 0.25) is 5.82 Å². The van der Waals surface area contributed by atoms with Crippen molar-refractivity contribution in [2.75, 3.05) is 26.4 Å². The van der Waals surface area contributed by atoms with Crippen molar-refractivity contribution in [2.24, 2.45) is 5.73 Å². The number of carbonyl (C=O) groups excluding carboxylic acids is 3. The highest BCUT2D eigenvalue weighted by atomic mass is 16.4. The summed E-state index contributed by atoms with van der Waals surface area (Å²) in [7, 11) is 0.0768. The van der Waals surface area contributed by atoms with Crippen LogP contribution in [0.1, 0.15) is 29.8 Å². The second kappa shape index (κ2) is 8.99. The maximum atomic E-state index is 13.1. The van der Waals surface area contributed by atoms with Crippen molar-refractivity contribution in [3.63, 3.8) is 0 Å². The molecule has 3 aliphatic heterocycles. The minimum atomic E-state index is -0.607. The van der Waals surface area contributed by atoms with E-state index < -0.39 is 17.9 Å². The monoisotopic (exact) mass is 425 g/mol. The number of hydrogen-bond donors (Lipinski definition) is 1. The van der Waals surface area contributed by atoms with Crippen LogP contribution in [0.15, 0.2) is 18.6 Å². The van der Waals surface area contributed by atoms with Crippen LogP contribution >= 0.6 is 0 Å². The second-order valence-corrected chi connectivity index (χ2v) is 8.00. The molecule has 4 atom stereocenters. The lowest BCUT2D eigenvalue weighted by Crippen LogP contribution is -2.54. The van der Waals surface area contributed by atoms with Gasteiger partial charge in [0.25, 0.3) is 13.4 Å². The van der Waals surface area contributed by atoms with Gasteiger partial charge in [0.05, 0.1) is 30.9 Å². The molecule has 0 aromatic carbocycles. The third-order valence-electron chi connectivity index (χ3n) is 6.22. The summed E-state index contributed by atoms with van der Waals surface area (Å²) in [4.78, 5) is 51.6. The topological polar surface area (TPSA) is 146 Å². The van der Waals surface area contributed by atoms with E-state index in [1.807, 2.05) is 0 Å². The van der Waals surface area contributed by atoms with Crippen LogP contribution in [0.5, 0.6) is 0 Å². The van der Waals surface area contributed by atoms with Crippen molar-refractivity contribution < 1.29 is 19.0 Å². The molecule has 0 aliphatic carbocycles. The quantitative estimate of drug-likeness (QED) is 0.410. The third-order valence-corrected chi connectivity index (χ3v) is 6.22. The number of rotatable bonds is 7. The van der Waals surface area contributed by atoms with Gasteiger partial charge in [0.15, 0.2) is 0 Å². The van der Waals surface area contributed by atoms with Gasteiger partial charge in [-0.05, 0) is 19.3 Å². The van der Waals surface area contributed by atoms with Crippen molar-refractivity contribution in [3.8, 4) is 6.07 Å². The number of piperazine rings is 1. The van der Waals surface area contributed by atoms with Gasteiger partial charge >= 0.3 is 0 Å². The first-order valence-electron chi connectivity index (χ1n) is 10.4. The summed E-state index contributed by atoms with van der Waals surface area (Å²) >= 11 is 0. The lowest BCUT2D eigenvalue weighted by atomic mass is 9.78. The van der Waals surface area contributed by atoms with Crippen molar-refractivity contribution in [1.29, 1.82) is 5.26 Å². The number of fused-ring (bicyclic) bond motifs is 2. The van der Waals surface area contributed by atoms with Crippen LogP contribution in [0.4, 0.5) is 0 Å². The van der Waals surface area contributed by atoms with Gasteiger partial charge in [-0.3, -0.25) is 19.4 Å². The van der Waals surface area contributed by atoms with E-state index in [1.54, 1.807) is 9.80 Å². The molecule has 2 N–H and O–H groups in total. The van der Waals surface area contributed by atoms with Gasteiger partial charge in [-0.1, -0.05) is 0 Å². The summed E-state index contributed by atoms with van der Waals surface area (Å²) in [6, 6.07) is 0.992. The SMILES string of the molecule is N#C[C@@H]1CCCN1C(=O)[C@@H](BOCN)CN1C(=O)[C@@H]2C[C@H]1CN2C(=O)c1cnccn1. The first-order chi connectivity index (χ1) is 15.0. The molecule has 31 heavy (non-hydrogen) atoms. The predicted octanol–water partition coefficient (Wildman–Crippen LogP) is -1.51. The first-order valence-corrected chi connectivity index (χ1v) is 10.4. The normalized spacial score (nSPS) is 25.6. The molecule has 0 saturated carbocycles. The van der Waals surface area contributed by atoms with Gasteiger partial charge in [-0.25, -0.2) is 4.98 Å². The summed E-state index contributed by atoms with van der Waals surface area (Å²) < 4.78 is 5.32. The highest BCUT2D eigenvalue weighted by Crippen LogP contribution is 2.34. The number of nitriles is 1. The predicted molar refractivity (Wildman–Crippen MR) is 108 cm³/mol. The number of nitrogens with two attached hydrogens (primary N) is 1. The average Bonchev–Trinajstić information content (AvgIpc) is 3.52. The van der Waals surface area contributed by atoms with E-state index >= 15 is 0 Å². The first kappa shape index (κ1) is 21.2. The molecule has 12 heteroatoms. The molecule has 2 bridgehead atoms. The average molecular weight is 425 g/mol. The lowest BCUT2D eigenvalue weighted by Gasteiger charge is -2.36. The van der Waals surface area contributed by atoms with E-state index in [9.17, 15) is 19.6 Å². The van der Waals surface area contributed by atoms with E-state index in [0.717, 1.165) is 6.42 Å². The zero-order valence-corrected chi connectivity index (χ0v) is 17.1. The van der Waals surface area contributed by atoms with E-state index in [0.29, 0.717) is 25.9 Å². The summed E-state index contributed by atoms with van der Waals surface area (Å²) in [5.41, 5.74) is 5.66. The Hall–Kier alpha value is -3.04. The van der Waals surface area contributed by atoms with Crippen LogP contribution in [0, 0.1) is 11.3 Å². The Labute approximate surface area is 180 Å². The van der Waals surface area contributed by atoms with E-state index in [1.165, 1.54) is 23.5 Å². The van der Waals surface area contributed by atoms with E-state index in [4.69, 9.17) is 10.4 Å². The fourth-order valence-electron chi connectivity index (χ4n) is 4.71. The summed E-state index contributed by atoms with van der Waals surface area (Å²) in [6.45, 7) is 1.05. The van der Waals surface area contributed by atoms with Crippen LogP contribution in [0.3, 0.4) is 0 Å². The minimum absolute atomic E-state index is 0.0359. The van der Waals surface area contributed by atoms with Crippen molar-refractivity contribution in [3.05, 3.63) is 24.3 Å². The molecule has 1 aromatic heterocycles. The van der Waals surface area contributed by atoms with Gasteiger partial charge in [-0.2, -0.15) is 5.26 Å².